The number of hydrogen-bond acceptors (Lipinski definition) is 6. The highest BCUT2D eigenvalue weighted by Gasteiger charge is 2.29. The van der Waals surface area contributed by atoms with E-state index in [0.717, 1.165) is 61.1 Å². The molecule has 1 aliphatic carbocycles. The van der Waals surface area contributed by atoms with Gasteiger partial charge < -0.3 is 9.64 Å². The number of fused-ring (bicyclic) bond motifs is 1. The fraction of sp³-hybridized carbons (Fsp3) is 0.400. The second kappa shape index (κ2) is 9.25. The molecule has 36 heavy (non-hydrogen) atoms. The Morgan fingerprint density at radius 3 is 2.47 bits per heavy atom. The Kier molecular flexibility index (Phi) is 5.62. The van der Waals surface area contributed by atoms with Gasteiger partial charge in [0.1, 0.15) is 5.82 Å². The van der Waals surface area contributed by atoms with E-state index >= 15 is 0 Å². The first-order valence-corrected chi connectivity index (χ1v) is 13.3. The highest BCUT2D eigenvalue weighted by Crippen LogP contribution is 2.45. The maximum Gasteiger partial charge on any atom is 0.162 e. The number of ether oxygens (including phenoxy) is 1. The molecule has 182 valence electrons. The molecule has 0 bridgehead atoms. The summed E-state index contributed by atoms with van der Waals surface area (Å²) in [5.41, 5.74) is 6.95. The van der Waals surface area contributed by atoms with E-state index < -0.39 is 0 Å². The van der Waals surface area contributed by atoms with E-state index in [0.29, 0.717) is 11.8 Å². The van der Waals surface area contributed by atoms with Crippen molar-refractivity contribution in [2.24, 2.45) is 0 Å². The van der Waals surface area contributed by atoms with E-state index in [2.05, 4.69) is 45.2 Å². The minimum absolute atomic E-state index is 0.551. The summed E-state index contributed by atoms with van der Waals surface area (Å²) in [6.07, 6.45) is 12.9. The van der Waals surface area contributed by atoms with Gasteiger partial charge in [-0.2, -0.15) is 0 Å². The van der Waals surface area contributed by atoms with Crippen LogP contribution in [0.3, 0.4) is 0 Å². The summed E-state index contributed by atoms with van der Waals surface area (Å²) in [5, 5.41) is 1.21. The van der Waals surface area contributed by atoms with Gasteiger partial charge in [-0.25, -0.2) is 9.97 Å². The quantitative estimate of drug-likeness (QED) is 0.357. The summed E-state index contributed by atoms with van der Waals surface area (Å²) >= 11 is 0. The van der Waals surface area contributed by atoms with Gasteiger partial charge >= 0.3 is 0 Å². The number of anilines is 1. The molecule has 0 atom stereocenters. The van der Waals surface area contributed by atoms with E-state index in [1.807, 2.05) is 24.7 Å². The van der Waals surface area contributed by atoms with Crippen LogP contribution in [0, 0.1) is 0 Å². The van der Waals surface area contributed by atoms with Crippen molar-refractivity contribution in [1.82, 2.24) is 19.9 Å². The molecule has 6 nitrogen and oxygen atoms in total. The largest absolute Gasteiger partial charge is 0.380 e. The van der Waals surface area contributed by atoms with Crippen molar-refractivity contribution < 1.29 is 4.74 Å². The molecule has 2 saturated heterocycles. The van der Waals surface area contributed by atoms with Crippen molar-refractivity contribution in [2.45, 2.75) is 50.4 Å². The Morgan fingerprint density at radius 2 is 1.72 bits per heavy atom. The van der Waals surface area contributed by atoms with Crippen LogP contribution in [-0.2, 0) is 11.2 Å². The average Bonchev–Trinajstić information content (AvgIpc) is 3.74. The Labute approximate surface area is 211 Å². The van der Waals surface area contributed by atoms with Gasteiger partial charge in [0.2, 0.25) is 0 Å². The van der Waals surface area contributed by atoms with Gasteiger partial charge in [0.15, 0.2) is 5.82 Å². The van der Waals surface area contributed by atoms with Crippen LogP contribution in [0.1, 0.15) is 66.3 Å². The van der Waals surface area contributed by atoms with E-state index in [4.69, 9.17) is 14.7 Å². The molecule has 4 aromatic rings. The van der Waals surface area contributed by atoms with Crippen LogP contribution in [0.5, 0.6) is 0 Å². The van der Waals surface area contributed by atoms with Gasteiger partial charge in [0.25, 0.3) is 0 Å². The fourth-order valence-electron chi connectivity index (χ4n) is 5.52. The zero-order chi connectivity index (χ0) is 23.9. The fourth-order valence-corrected chi connectivity index (χ4v) is 5.52. The first-order valence-electron chi connectivity index (χ1n) is 13.3. The normalized spacial score (nSPS) is 18.4. The molecule has 6 heteroatoms. The molecule has 3 aromatic heterocycles. The van der Waals surface area contributed by atoms with Crippen molar-refractivity contribution in [3.05, 3.63) is 77.4 Å². The van der Waals surface area contributed by atoms with Crippen molar-refractivity contribution in [3.63, 3.8) is 0 Å². The Balaban J connectivity index is 1.24. The number of piperidine rings is 1. The van der Waals surface area contributed by atoms with E-state index in [1.165, 1.54) is 54.2 Å². The molecule has 1 saturated carbocycles. The third-order valence-electron chi connectivity index (χ3n) is 7.84. The summed E-state index contributed by atoms with van der Waals surface area (Å²) in [7, 11) is 0. The van der Waals surface area contributed by atoms with Gasteiger partial charge in [-0.1, -0.05) is 24.3 Å². The molecule has 0 amide bonds. The summed E-state index contributed by atoms with van der Waals surface area (Å²) in [5.74, 6) is 3.01. The summed E-state index contributed by atoms with van der Waals surface area (Å²) in [4.78, 5) is 21.9. The SMILES string of the molecule is c1cc(-c2nc(N3CCCCC3)c3c(C4CC4)cncc3n2)cc(Cc2ccc(C3COC3)cc2)n1. The number of aromatic nitrogens is 4. The molecule has 2 aliphatic heterocycles. The van der Waals surface area contributed by atoms with Crippen molar-refractivity contribution in [1.29, 1.82) is 0 Å². The van der Waals surface area contributed by atoms with E-state index in [1.54, 1.807) is 0 Å². The van der Waals surface area contributed by atoms with Crippen LogP contribution in [-0.4, -0.2) is 46.2 Å². The van der Waals surface area contributed by atoms with Crippen molar-refractivity contribution in [3.8, 4) is 11.4 Å². The van der Waals surface area contributed by atoms with Crippen LogP contribution >= 0.6 is 0 Å². The monoisotopic (exact) mass is 477 g/mol. The Morgan fingerprint density at radius 1 is 0.889 bits per heavy atom. The summed E-state index contributed by atoms with van der Waals surface area (Å²) < 4.78 is 5.34. The van der Waals surface area contributed by atoms with Crippen LogP contribution in [0.25, 0.3) is 22.3 Å². The molecule has 3 fully saturated rings. The predicted octanol–water partition coefficient (Wildman–Crippen LogP) is 5.66. The topological polar surface area (TPSA) is 64.0 Å². The van der Waals surface area contributed by atoms with Gasteiger partial charge in [-0.3, -0.25) is 9.97 Å². The molecule has 1 aromatic carbocycles. The van der Waals surface area contributed by atoms with E-state index in [9.17, 15) is 0 Å². The predicted molar refractivity (Wildman–Crippen MR) is 141 cm³/mol. The second-order valence-electron chi connectivity index (χ2n) is 10.5. The lowest BCUT2D eigenvalue weighted by molar-refractivity contribution is 0.00842. The Bertz CT molecular complexity index is 1390. The Hall–Kier alpha value is -3.38. The maximum atomic E-state index is 5.34. The van der Waals surface area contributed by atoms with Crippen LogP contribution in [0.4, 0.5) is 5.82 Å². The number of nitrogens with zero attached hydrogens (tertiary/aromatic N) is 5. The van der Waals surface area contributed by atoms with Gasteiger partial charge in [-0.05, 0) is 66.8 Å². The lowest BCUT2D eigenvalue weighted by Gasteiger charge is -2.29. The van der Waals surface area contributed by atoms with Crippen LogP contribution in [0.15, 0.2) is 55.0 Å². The van der Waals surface area contributed by atoms with Gasteiger partial charge in [-0.15, -0.1) is 0 Å². The molecule has 0 unspecified atom stereocenters. The van der Waals surface area contributed by atoms with Gasteiger partial charge in [0.05, 0.1) is 24.9 Å². The molecule has 0 N–H and O–H groups in total. The number of rotatable bonds is 6. The van der Waals surface area contributed by atoms with E-state index in [-0.39, 0.29) is 0 Å². The van der Waals surface area contributed by atoms with Crippen molar-refractivity contribution in [2.75, 3.05) is 31.2 Å². The lowest BCUT2D eigenvalue weighted by atomic mass is 9.96. The van der Waals surface area contributed by atoms with Gasteiger partial charge in [0, 0.05) is 54.5 Å². The molecule has 7 rings (SSSR count). The van der Waals surface area contributed by atoms with Crippen molar-refractivity contribution >= 4 is 16.7 Å². The summed E-state index contributed by atoms with van der Waals surface area (Å²) in [6.45, 7) is 3.79. The first-order chi connectivity index (χ1) is 17.8. The maximum absolute atomic E-state index is 5.34. The first kappa shape index (κ1) is 21.9. The molecular formula is C30H31N5O. The zero-order valence-electron chi connectivity index (χ0n) is 20.6. The third-order valence-corrected chi connectivity index (χ3v) is 7.84. The highest BCUT2D eigenvalue weighted by atomic mass is 16.5. The minimum Gasteiger partial charge on any atom is -0.380 e. The smallest absolute Gasteiger partial charge is 0.162 e. The number of benzene rings is 1. The lowest BCUT2D eigenvalue weighted by Crippen LogP contribution is -2.30. The third kappa shape index (κ3) is 4.24. The summed E-state index contributed by atoms with van der Waals surface area (Å²) in [6, 6.07) is 13.1. The average molecular weight is 478 g/mol. The van der Waals surface area contributed by atoms with Crippen LogP contribution in [0.2, 0.25) is 0 Å². The molecule has 3 aliphatic rings. The minimum atomic E-state index is 0.551. The highest BCUT2D eigenvalue weighted by molar-refractivity contribution is 5.94. The second-order valence-corrected chi connectivity index (χ2v) is 10.5. The molecule has 5 heterocycles. The molecule has 0 radical (unpaired) electrons. The standard InChI is InChI=1S/C30H31N5O/c1-2-12-35(13-3-1)30-28-26(22-8-9-22)16-31-17-27(28)33-29(34-30)23-10-11-32-25(15-23)14-20-4-6-21(7-5-20)24-18-36-19-24/h4-7,10-11,15-17,22,24H,1-3,8-9,12-14,18-19H2. The molecule has 0 spiro atoms. The molecular weight excluding hydrogens is 446 g/mol. The number of hydrogen-bond donors (Lipinski definition) is 0. The number of pyridine rings is 2. The van der Waals surface area contributed by atoms with Crippen LogP contribution < -0.4 is 4.90 Å². The zero-order valence-corrected chi connectivity index (χ0v) is 20.6.